The molecule has 158 valence electrons. The van der Waals surface area contributed by atoms with Crippen LogP contribution < -0.4 is 10.5 Å². The number of fused-ring (bicyclic) bond motifs is 2. The number of nitrogens with one attached hydrogen (secondary N) is 1. The summed E-state index contributed by atoms with van der Waals surface area (Å²) in [6.45, 7) is 0.999. The van der Waals surface area contributed by atoms with Gasteiger partial charge in [0.1, 0.15) is 0 Å². The maximum atomic E-state index is 12.7. The monoisotopic (exact) mass is 417 g/mol. The van der Waals surface area contributed by atoms with E-state index in [1.54, 1.807) is 25.5 Å². The van der Waals surface area contributed by atoms with Gasteiger partial charge in [0.2, 0.25) is 11.5 Å². The molecule has 1 fully saturated rings. The quantitative estimate of drug-likeness (QED) is 0.659. The number of likely N-dealkylation sites (N-methyl/N-ethyl adjacent to an activating group) is 1. The summed E-state index contributed by atoms with van der Waals surface area (Å²) in [6, 6.07) is 10.8. The first kappa shape index (κ1) is 19.4. The Morgan fingerprint density at radius 1 is 1.23 bits per heavy atom. The van der Waals surface area contributed by atoms with Crippen molar-refractivity contribution in [3.63, 3.8) is 0 Å². The Labute approximate surface area is 179 Å². The molecule has 1 spiro atoms. The Bertz CT molecular complexity index is 1200. The number of anilines is 2. The minimum Gasteiger partial charge on any atom is -0.395 e. The van der Waals surface area contributed by atoms with Gasteiger partial charge in [-0.2, -0.15) is 0 Å². The van der Waals surface area contributed by atoms with Crippen molar-refractivity contribution in [2.24, 2.45) is 0 Å². The highest BCUT2D eigenvalue weighted by Gasteiger charge is 2.52. The van der Waals surface area contributed by atoms with Gasteiger partial charge in [-0.3, -0.25) is 9.59 Å². The number of aliphatic hydroxyl groups excluding tert-OH is 1. The Morgan fingerprint density at radius 3 is 2.68 bits per heavy atom. The van der Waals surface area contributed by atoms with E-state index in [-0.39, 0.29) is 30.0 Å². The molecule has 2 N–H and O–H groups in total. The molecule has 3 heterocycles. The maximum Gasteiger partial charge on any atom is 0.253 e. The van der Waals surface area contributed by atoms with Crippen LogP contribution in [0.3, 0.4) is 0 Å². The lowest BCUT2D eigenvalue weighted by molar-refractivity contribution is 0.0767. The first-order chi connectivity index (χ1) is 15.0. The number of aromatic nitrogens is 3. The van der Waals surface area contributed by atoms with E-state index in [0.29, 0.717) is 17.2 Å². The van der Waals surface area contributed by atoms with Crippen molar-refractivity contribution in [2.45, 2.75) is 18.3 Å². The molecule has 1 amide bonds. The second-order valence-electron chi connectivity index (χ2n) is 8.25. The number of hydrogen-bond donors (Lipinski definition) is 2. The summed E-state index contributed by atoms with van der Waals surface area (Å²) in [7, 11) is 1.68. The number of amides is 1. The third kappa shape index (κ3) is 3.38. The maximum absolute atomic E-state index is 12.7. The molecule has 0 atom stereocenters. The van der Waals surface area contributed by atoms with Gasteiger partial charge in [-0.15, -0.1) is 0 Å². The third-order valence-corrected chi connectivity index (χ3v) is 6.16. The summed E-state index contributed by atoms with van der Waals surface area (Å²) in [5.74, 6) is 0.443. The van der Waals surface area contributed by atoms with Gasteiger partial charge in [0.05, 0.1) is 12.3 Å². The predicted molar refractivity (Wildman–Crippen MR) is 116 cm³/mol. The van der Waals surface area contributed by atoms with Gasteiger partial charge in [-0.25, -0.2) is 9.97 Å². The van der Waals surface area contributed by atoms with E-state index in [4.69, 9.17) is 5.11 Å². The number of hydrogen-bond acceptors (Lipinski definition) is 6. The van der Waals surface area contributed by atoms with Crippen LogP contribution in [0, 0.1) is 0 Å². The van der Waals surface area contributed by atoms with Crippen LogP contribution in [-0.4, -0.2) is 57.6 Å². The highest BCUT2D eigenvalue weighted by atomic mass is 16.3. The number of H-pyrrole nitrogens is 1. The van der Waals surface area contributed by atoms with Crippen LogP contribution in [0.1, 0.15) is 28.8 Å². The standard InChI is InChI=1S/C23H23N5O3/c1-27(9-10-29)21(31)15-5-6-17-19(11-15)28(14-23(17)7-8-23)22-24-12-16(13-25-22)18-3-2-4-20(30)26-18/h2-6,11-13,29H,7-10,14H2,1H3,(H,26,30). The van der Waals surface area contributed by atoms with Crippen molar-refractivity contribution in [1.29, 1.82) is 0 Å². The van der Waals surface area contributed by atoms with Crippen LogP contribution in [-0.2, 0) is 5.41 Å². The number of carbonyl (C=O) groups is 1. The molecule has 0 saturated heterocycles. The summed E-state index contributed by atoms with van der Waals surface area (Å²) in [6.07, 6.45) is 5.62. The summed E-state index contributed by atoms with van der Waals surface area (Å²) in [5, 5.41) is 9.14. The largest absolute Gasteiger partial charge is 0.395 e. The van der Waals surface area contributed by atoms with Crippen LogP contribution in [0.25, 0.3) is 11.3 Å². The lowest BCUT2D eigenvalue weighted by atomic mass is 9.97. The highest BCUT2D eigenvalue weighted by molar-refractivity contribution is 5.96. The SMILES string of the molecule is CN(CCO)C(=O)c1ccc2c(c1)N(c1ncc(-c3cccc(=O)[nH]3)cn1)CC21CC1. The van der Waals surface area contributed by atoms with Gasteiger partial charge >= 0.3 is 0 Å². The number of nitrogens with zero attached hydrogens (tertiary/aromatic N) is 4. The van der Waals surface area contributed by atoms with Gasteiger partial charge in [0.15, 0.2) is 0 Å². The molecule has 1 aliphatic heterocycles. The van der Waals surface area contributed by atoms with Crippen molar-refractivity contribution in [3.05, 3.63) is 70.3 Å². The molecule has 0 radical (unpaired) electrons. The average Bonchev–Trinajstić information content (AvgIpc) is 3.50. The molecular formula is C23H23N5O3. The average molecular weight is 417 g/mol. The zero-order chi connectivity index (χ0) is 21.6. The molecule has 2 aromatic heterocycles. The molecular weight excluding hydrogens is 394 g/mol. The normalized spacial score (nSPS) is 15.7. The summed E-state index contributed by atoms with van der Waals surface area (Å²) >= 11 is 0. The number of benzene rings is 1. The number of rotatable bonds is 5. The summed E-state index contributed by atoms with van der Waals surface area (Å²) in [5.41, 5.74) is 4.11. The van der Waals surface area contributed by atoms with E-state index >= 15 is 0 Å². The number of pyridine rings is 1. The van der Waals surface area contributed by atoms with E-state index in [9.17, 15) is 9.59 Å². The van der Waals surface area contributed by atoms with Gasteiger partial charge in [0.25, 0.3) is 5.91 Å². The number of aliphatic hydroxyl groups is 1. The van der Waals surface area contributed by atoms with Crippen molar-refractivity contribution in [1.82, 2.24) is 19.9 Å². The van der Waals surface area contributed by atoms with Gasteiger partial charge in [-0.1, -0.05) is 12.1 Å². The fraction of sp³-hybridized carbons (Fsp3) is 0.304. The second-order valence-corrected chi connectivity index (χ2v) is 8.25. The van der Waals surface area contributed by atoms with Crippen LogP contribution >= 0.6 is 0 Å². The molecule has 1 saturated carbocycles. The van der Waals surface area contributed by atoms with Crippen LogP contribution in [0.15, 0.2) is 53.6 Å². The molecule has 2 aliphatic rings. The Morgan fingerprint density at radius 2 is 2.00 bits per heavy atom. The van der Waals surface area contributed by atoms with Crippen molar-refractivity contribution < 1.29 is 9.90 Å². The van der Waals surface area contributed by atoms with Crippen LogP contribution in [0.5, 0.6) is 0 Å². The highest BCUT2D eigenvalue weighted by Crippen LogP contribution is 2.57. The van der Waals surface area contributed by atoms with Gasteiger partial charge < -0.3 is 19.9 Å². The molecule has 8 heteroatoms. The van der Waals surface area contributed by atoms with Crippen molar-refractivity contribution in [2.75, 3.05) is 31.6 Å². The minimum atomic E-state index is -0.172. The summed E-state index contributed by atoms with van der Waals surface area (Å²) in [4.78, 5) is 39.8. The lowest BCUT2D eigenvalue weighted by Crippen LogP contribution is -2.29. The van der Waals surface area contributed by atoms with Crippen molar-refractivity contribution in [3.8, 4) is 11.3 Å². The lowest BCUT2D eigenvalue weighted by Gasteiger charge is -2.19. The Hall–Kier alpha value is -3.52. The molecule has 1 aromatic carbocycles. The van der Waals surface area contributed by atoms with Gasteiger partial charge in [-0.05, 0) is 36.6 Å². The fourth-order valence-electron chi connectivity index (χ4n) is 4.25. The van der Waals surface area contributed by atoms with Crippen LogP contribution in [0.2, 0.25) is 0 Å². The Kier molecular flexibility index (Phi) is 4.59. The van der Waals surface area contributed by atoms with E-state index in [1.165, 1.54) is 16.5 Å². The van der Waals surface area contributed by atoms with E-state index < -0.39 is 0 Å². The zero-order valence-corrected chi connectivity index (χ0v) is 17.2. The first-order valence-electron chi connectivity index (χ1n) is 10.3. The molecule has 5 rings (SSSR count). The van der Waals surface area contributed by atoms with Crippen molar-refractivity contribution >= 4 is 17.5 Å². The topological polar surface area (TPSA) is 102 Å². The minimum absolute atomic E-state index is 0.0741. The van der Waals surface area contributed by atoms with Crippen LogP contribution in [0.4, 0.5) is 11.6 Å². The second kappa shape index (κ2) is 7.31. The molecule has 0 unspecified atom stereocenters. The first-order valence-corrected chi connectivity index (χ1v) is 10.3. The van der Waals surface area contributed by atoms with E-state index in [0.717, 1.165) is 30.6 Å². The molecule has 0 bridgehead atoms. The third-order valence-electron chi connectivity index (χ3n) is 6.16. The summed E-state index contributed by atoms with van der Waals surface area (Å²) < 4.78 is 0. The number of aromatic amines is 1. The molecule has 1 aliphatic carbocycles. The zero-order valence-electron chi connectivity index (χ0n) is 17.2. The van der Waals surface area contributed by atoms with Gasteiger partial charge in [0, 0.05) is 60.8 Å². The molecule has 8 nitrogen and oxygen atoms in total. The predicted octanol–water partition coefficient (Wildman–Crippen LogP) is 2.08. The van der Waals surface area contributed by atoms with E-state index in [2.05, 4.69) is 19.9 Å². The smallest absolute Gasteiger partial charge is 0.253 e. The number of carbonyl (C=O) groups excluding carboxylic acids is 1. The fourth-order valence-corrected chi connectivity index (χ4v) is 4.25. The molecule has 3 aromatic rings. The van der Waals surface area contributed by atoms with E-state index in [1.807, 2.05) is 24.3 Å². The Balaban J connectivity index is 1.48. The molecule has 31 heavy (non-hydrogen) atoms.